The van der Waals surface area contributed by atoms with Crippen molar-refractivity contribution in [3.05, 3.63) is 34.9 Å². The Labute approximate surface area is 97.9 Å². The zero-order valence-electron chi connectivity index (χ0n) is 10.8. The summed E-state index contributed by atoms with van der Waals surface area (Å²) in [4.78, 5) is 0. The van der Waals surface area contributed by atoms with Gasteiger partial charge in [-0.3, -0.25) is 0 Å². The Morgan fingerprint density at radius 3 is 2.12 bits per heavy atom. The number of hydrogen-bond acceptors (Lipinski definition) is 2. The molecule has 2 nitrogen and oxygen atoms in total. The topological polar surface area (TPSA) is 40.5 Å². The second-order valence-electron chi connectivity index (χ2n) is 5.62. The maximum atomic E-state index is 10.2. The molecule has 0 saturated carbocycles. The first-order chi connectivity index (χ1) is 7.23. The maximum Gasteiger partial charge on any atom is 0.106 e. The fourth-order valence-corrected chi connectivity index (χ4v) is 1.72. The Morgan fingerprint density at radius 2 is 1.62 bits per heavy atom. The minimum Gasteiger partial charge on any atom is -0.390 e. The molecular weight excluding hydrogens is 200 g/mol. The summed E-state index contributed by atoms with van der Waals surface area (Å²) >= 11 is 0. The van der Waals surface area contributed by atoms with Gasteiger partial charge in [0.1, 0.15) is 6.10 Å². The van der Waals surface area contributed by atoms with Crippen molar-refractivity contribution < 1.29 is 10.2 Å². The van der Waals surface area contributed by atoms with E-state index in [1.54, 1.807) is 0 Å². The molecule has 0 aromatic heterocycles. The van der Waals surface area contributed by atoms with Crippen molar-refractivity contribution in [2.24, 2.45) is 5.41 Å². The number of aliphatic hydroxyl groups excluding tert-OH is 2. The molecule has 1 rings (SSSR count). The van der Waals surface area contributed by atoms with E-state index >= 15 is 0 Å². The van der Waals surface area contributed by atoms with E-state index in [1.165, 1.54) is 0 Å². The van der Waals surface area contributed by atoms with Gasteiger partial charge in [-0.2, -0.15) is 0 Å². The fourth-order valence-electron chi connectivity index (χ4n) is 1.72. The van der Waals surface area contributed by atoms with Crippen LogP contribution in [0.1, 0.15) is 43.6 Å². The molecule has 2 unspecified atom stereocenters. The van der Waals surface area contributed by atoms with Gasteiger partial charge in [-0.05, 0) is 30.4 Å². The molecule has 0 fully saturated rings. The van der Waals surface area contributed by atoms with E-state index in [0.29, 0.717) is 0 Å². The molecule has 0 saturated heterocycles. The Bertz CT molecular complexity index is 363. The van der Waals surface area contributed by atoms with E-state index in [-0.39, 0.29) is 5.41 Å². The van der Waals surface area contributed by atoms with Crippen LogP contribution in [0.15, 0.2) is 18.2 Å². The molecule has 2 heteroatoms. The normalized spacial score (nSPS) is 15.9. The summed E-state index contributed by atoms with van der Waals surface area (Å²) in [6.45, 7) is 9.70. The van der Waals surface area contributed by atoms with Crippen LogP contribution in [-0.4, -0.2) is 16.3 Å². The molecule has 0 amide bonds. The Morgan fingerprint density at radius 1 is 1.06 bits per heavy atom. The molecule has 0 spiro atoms. The molecule has 0 heterocycles. The SMILES string of the molecule is Cc1ccc(C)c(C(O)C(O)C(C)(C)C)c1. The van der Waals surface area contributed by atoms with E-state index in [9.17, 15) is 10.2 Å². The molecule has 1 aromatic rings. The summed E-state index contributed by atoms with van der Waals surface area (Å²) < 4.78 is 0. The third-order valence-corrected chi connectivity index (χ3v) is 2.94. The van der Waals surface area contributed by atoms with Crippen LogP contribution < -0.4 is 0 Å². The highest BCUT2D eigenvalue weighted by molar-refractivity contribution is 5.32. The first-order valence-electron chi connectivity index (χ1n) is 5.67. The number of rotatable bonds is 2. The highest BCUT2D eigenvalue weighted by Gasteiger charge is 2.30. The lowest BCUT2D eigenvalue weighted by atomic mass is 9.82. The van der Waals surface area contributed by atoms with E-state index in [4.69, 9.17) is 0 Å². The summed E-state index contributed by atoms with van der Waals surface area (Å²) in [6, 6.07) is 5.92. The average Bonchev–Trinajstić information content (AvgIpc) is 2.18. The van der Waals surface area contributed by atoms with Crippen LogP contribution in [0.2, 0.25) is 0 Å². The van der Waals surface area contributed by atoms with Crippen molar-refractivity contribution >= 4 is 0 Å². The predicted molar refractivity (Wildman–Crippen MR) is 66.3 cm³/mol. The van der Waals surface area contributed by atoms with Crippen molar-refractivity contribution in [1.82, 2.24) is 0 Å². The molecule has 16 heavy (non-hydrogen) atoms. The van der Waals surface area contributed by atoms with Crippen LogP contribution in [0.4, 0.5) is 0 Å². The summed E-state index contributed by atoms with van der Waals surface area (Å²) in [7, 11) is 0. The van der Waals surface area contributed by atoms with Crippen LogP contribution in [0.3, 0.4) is 0 Å². The summed E-state index contributed by atoms with van der Waals surface area (Å²) in [5.41, 5.74) is 2.61. The van der Waals surface area contributed by atoms with Crippen LogP contribution in [-0.2, 0) is 0 Å². The fraction of sp³-hybridized carbons (Fsp3) is 0.571. The third kappa shape index (κ3) is 2.83. The van der Waals surface area contributed by atoms with E-state index in [1.807, 2.05) is 52.8 Å². The van der Waals surface area contributed by atoms with Gasteiger partial charge in [-0.1, -0.05) is 44.5 Å². The third-order valence-electron chi connectivity index (χ3n) is 2.94. The average molecular weight is 222 g/mol. The quantitative estimate of drug-likeness (QED) is 0.807. The zero-order chi connectivity index (χ0) is 12.5. The minimum absolute atomic E-state index is 0.324. The van der Waals surface area contributed by atoms with Crippen LogP contribution >= 0.6 is 0 Å². The van der Waals surface area contributed by atoms with Gasteiger partial charge in [0.25, 0.3) is 0 Å². The van der Waals surface area contributed by atoms with Gasteiger partial charge < -0.3 is 10.2 Å². The van der Waals surface area contributed by atoms with Gasteiger partial charge >= 0.3 is 0 Å². The predicted octanol–water partition coefficient (Wildman–Crippen LogP) is 2.74. The summed E-state index contributed by atoms with van der Waals surface area (Å²) in [5, 5.41) is 20.3. The molecule has 2 atom stereocenters. The summed E-state index contributed by atoms with van der Waals surface area (Å²) in [6.07, 6.45) is -1.58. The first kappa shape index (κ1) is 13.2. The molecule has 2 N–H and O–H groups in total. The van der Waals surface area contributed by atoms with Gasteiger partial charge in [0.15, 0.2) is 0 Å². The van der Waals surface area contributed by atoms with Crippen molar-refractivity contribution in [3.8, 4) is 0 Å². The molecule has 0 aliphatic carbocycles. The van der Waals surface area contributed by atoms with E-state index < -0.39 is 12.2 Å². The van der Waals surface area contributed by atoms with Crippen molar-refractivity contribution in [2.45, 2.75) is 46.8 Å². The monoisotopic (exact) mass is 222 g/mol. The number of hydrogen-bond donors (Lipinski definition) is 2. The molecule has 0 bridgehead atoms. The first-order valence-corrected chi connectivity index (χ1v) is 5.67. The van der Waals surface area contributed by atoms with Crippen molar-refractivity contribution in [1.29, 1.82) is 0 Å². The lowest BCUT2D eigenvalue weighted by Gasteiger charge is -2.31. The van der Waals surface area contributed by atoms with Gasteiger partial charge in [0.2, 0.25) is 0 Å². The second kappa shape index (κ2) is 4.56. The van der Waals surface area contributed by atoms with Crippen LogP contribution in [0.5, 0.6) is 0 Å². The highest BCUT2D eigenvalue weighted by Crippen LogP contribution is 2.31. The highest BCUT2D eigenvalue weighted by atomic mass is 16.3. The van der Waals surface area contributed by atoms with E-state index in [2.05, 4.69) is 0 Å². The Hall–Kier alpha value is -0.860. The summed E-state index contributed by atoms with van der Waals surface area (Å²) in [5.74, 6) is 0. The standard InChI is InChI=1S/C14H22O2/c1-9-6-7-10(2)11(8-9)12(15)13(16)14(3,4)5/h6-8,12-13,15-16H,1-5H3. The van der Waals surface area contributed by atoms with Gasteiger partial charge in [0.05, 0.1) is 6.10 Å². The number of benzene rings is 1. The molecular formula is C14H22O2. The van der Waals surface area contributed by atoms with Gasteiger partial charge in [-0.15, -0.1) is 0 Å². The van der Waals surface area contributed by atoms with Crippen molar-refractivity contribution in [2.75, 3.05) is 0 Å². The van der Waals surface area contributed by atoms with E-state index in [0.717, 1.165) is 16.7 Å². The van der Waals surface area contributed by atoms with Gasteiger partial charge in [0, 0.05) is 0 Å². The lowest BCUT2D eigenvalue weighted by Crippen LogP contribution is -2.32. The Balaban J connectivity index is 3.05. The maximum absolute atomic E-state index is 10.2. The number of aryl methyl sites for hydroxylation is 2. The molecule has 90 valence electrons. The molecule has 1 aromatic carbocycles. The van der Waals surface area contributed by atoms with Crippen LogP contribution in [0.25, 0.3) is 0 Å². The Kier molecular flexibility index (Phi) is 3.76. The van der Waals surface area contributed by atoms with Crippen LogP contribution in [0, 0.1) is 19.3 Å². The molecule has 0 aliphatic rings. The molecule has 0 aliphatic heterocycles. The zero-order valence-corrected chi connectivity index (χ0v) is 10.8. The largest absolute Gasteiger partial charge is 0.390 e. The molecule has 0 radical (unpaired) electrons. The minimum atomic E-state index is -0.820. The van der Waals surface area contributed by atoms with Gasteiger partial charge in [-0.25, -0.2) is 0 Å². The smallest absolute Gasteiger partial charge is 0.106 e. The lowest BCUT2D eigenvalue weighted by molar-refractivity contribution is -0.0461. The van der Waals surface area contributed by atoms with Crippen molar-refractivity contribution in [3.63, 3.8) is 0 Å². The number of aliphatic hydroxyl groups is 2. The second-order valence-corrected chi connectivity index (χ2v) is 5.62.